The molecule has 3 atom stereocenters. The fourth-order valence-electron chi connectivity index (χ4n) is 4.16. The van der Waals surface area contributed by atoms with Crippen molar-refractivity contribution < 1.29 is 42.2 Å². The van der Waals surface area contributed by atoms with Gasteiger partial charge in [0.15, 0.2) is 16.6 Å². The summed E-state index contributed by atoms with van der Waals surface area (Å²) in [6.45, 7) is 34.9. The van der Waals surface area contributed by atoms with Crippen molar-refractivity contribution in [2.45, 2.75) is 174 Å². The van der Waals surface area contributed by atoms with E-state index in [0.717, 1.165) is 38.1 Å². The van der Waals surface area contributed by atoms with Gasteiger partial charge in [0, 0.05) is 6.61 Å². The lowest BCUT2D eigenvalue weighted by Gasteiger charge is -2.31. The molecule has 0 N–H and O–H groups in total. The smallest absolute Gasteiger partial charge is 0.311 e. The summed E-state index contributed by atoms with van der Waals surface area (Å²) in [6, 6.07) is 1.05. The predicted molar refractivity (Wildman–Crippen MR) is 221 cm³/mol. The molecule has 310 valence electrons. The summed E-state index contributed by atoms with van der Waals surface area (Å²) in [5.41, 5.74) is -0.359. The van der Waals surface area contributed by atoms with E-state index in [1.807, 2.05) is 55.4 Å². The van der Waals surface area contributed by atoms with E-state index in [4.69, 9.17) is 27.8 Å². The number of ether oxygens (including phenoxy) is 5. The lowest BCUT2D eigenvalue weighted by Crippen LogP contribution is -2.42. The highest BCUT2D eigenvalue weighted by atomic mass is 28.4. The van der Waals surface area contributed by atoms with Crippen molar-refractivity contribution >= 4 is 34.5 Å². The molecule has 0 saturated heterocycles. The van der Waals surface area contributed by atoms with E-state index in [-0.39, 0.29) is 50.0 Å². The molecule has 0 aromatic carbocycles. The summed E-state index contributed by atoms with van der Waals surface area (Å²) >= 11 is 0. The number of rotatable bonds is 25. The molecule has 0 rings (SSSR count). The third kappa shape index (κ3) is 36.9. The Balaban J connectivity index is -0.000000206. The first kappa shape index (κ1) is 59.0. The van der Waals surface area contributed by atoms with Gasteiger partial charge in [-0.1, -0.05) is 82.6 Å². The first-order valence-corrected chi connectivity index (χ1v) is 25.7. The first-order chi connectivity index (χ1) is 22.8. The van der Waals surface area contributed by atoms with E-state index in [0.29, 0.717) is 52.2 Å². The Morgan fingerprint density at radius 1 is 0.647 bits per heavy atom. The molecule has 0 aliphatic rings. The Kier molecular flexibility index (Phi) is 39.9. The van der Waals surface area contributed by atoms with Crippen molar-refractivity contribution in [3.05, 3.63) is 0 Å². The Morgan fingerprint density at radius 2 is 1.16 bits per heavy atom. The van der Waals surface area contributed by atoms with Crippen LogP contribution in [0.25, 0.3) is 0 Å². The van der Waals surface area contributed by atoms with Gasteiger partial charge in [0.25, 0.3) is 0 Å². The van der Waals surface area contributed by atoms with Crippen LogP contribution in [0.3, 0.4) is 0 Å². The molecular formula is C40H88O9Si2. The number of unbranched alkanes of at least 4 members (excludes halogenated alkanes) is 1. The van der Waals surface area contributed by atoms with Crippen LogP contribution in [0.4, 0.5) is 0 Å². The van der Waals surface area contributed by atoms with Crippen molar-refractivity contribution in [1.29, 1.82) is 0 Å². The van der Waals surface area contributed by atoms with Gasteiger partial charge in [0.2, 0.25) is 0 Å². The summed E-state index contributed by atoms with van der Waals surface area (Å²) in [5, 5.41) is 0. The van der Waals surface area contributed by atoms with Crippen LogP contribution < -0.4 is 0 Å². The lowest BCUT2D eigenvalue weighted by molar-refractivity contribution is -0.154. The number of hydrogen-bond donors (Lipinski definition) is 0. The summed E-state index contributed by atoms with van der Waals surface area (Å²) in [5.74, 6) is 0.319. The molecule has 3 unspecified atom stereocenters. The van der Waals surface area contributed by atoms with Crippen molar-refractivity contribution in [1.82, 2.24) is 0 Å². The van der Waals surface area contributed by atoms with E-state index in [1.165, 1.54) is 19.3 Å². The van der Waals surface area contributed by atoms with Crippen LogP contribution in [0.15, 0.2) is 0 Å². The minimum atomic E-state index is -1.59. The van der Waals surface area contributed by atoms with Crippen LogP contribution in [0.5, 0.6) is 0 Å². The maximum atomic E-state index is 11.8. The van der Waals surface area contributed by atoms with Crippen LogP contribution in [0.2, 0.25) is 38.8 Å². The van der Waals surface area contributed by atoms with E-state index in [1.54, 1.807) is 0 Å². The fraction of sp³-hybridized carbons (Fsp3) is 0.925. The van der Waals surface area contributed by atoms with E-state index < -0.39 is 16.6 Å². The minimum Gasteiger partial charge on any atom is -0.465 e. The molecule has 0 fully saturated rings. The highest BCUT2D eigenvalue weighted by Gasteiger charge is 2.30. The second-order valence-corrected chi connectivity index (χ2v) is 24.2. The highest BCUT2D eigenvalue weighted by Crippen LogP contribution is 2.23. The van der Waals surface area contributed by atoms with Crippen molar-refractivity contribution in [3.63, 3.8) is 0 Å². The van der Waals surface area contributed by atoms with E-state index >= 15 is 0 Å². The zero-order chi connectivity index (χ0) is 38.5. The van der Waals surface area contributed by atoms with Gasteiger partial charge in [0.05, 0.1) is 50.3 Å². The molecule has 11 heteroatoms. The monoisotopic (exact) mass is 769 g/mol. The average Bonchev–Trinajstić information content (AvgIpc) is 3.04. The summed E-state index contributed by atoms with van der Waals surface area (Å²) < 4.78 is 32.2. The maximum Gasteiger partial charge on any atom is 0.311 e. The molecule has 0 spiro atoms. The molecule has 0 saturated carbocycles. The maximum absolute atomic E-state index is 11.8. The van der Waals surface area contributed by atoms with Gasteiger partial charge in [-0.2, -0.15) is 0 Å². The number of esters is 3. The predicted octanol–water partition coefficient (Wildman–Crippen LogP) is 11.1. The normalized spacial score (nSPS) is 13.0. The molecule has 0 bridgehead atoms. The molecule has 0 aromatic rings. The minimum absolute atomic E-state index is 0. The summed E-state index contributed by atoms with van der Waals surface area (Å²) in [4.78, 5) is 34.5. The third-order valence-corrected chi connectivity index (χ3v) is 14.5. The van der Waals surface area contributed by atoms with Gasteiger partial charge in [-0.3, -0.25) is 14.4 Å². The molecule has 0 amide bonds. The molecule has 51 heavy (non-hydrogen) atoms. The SMILES string of the molecule is C.C.CCC(C)(C)C(=O)OCCC[Si](C)(C)O[Si](C)(C)C.CCCCC(CC)COC(=O)C(C)CC.CCOCCOCCOC(=O)C(C)CC. The molecule has 0 radical (unpaired) electrons. The van der Waals surface area contributed by atoms with Crippen LogP contribution >= 0.6 is 0 Å². The first-order valence-electron chi connectivity index (χ1n) is 19.1. The van der Waals surface area contributed by atoms with Gasteiger partial charge in [-0.15, -0.1) is 0 Å². The molecule has 0 aliphatic heterocycles. The molecule has 0 heterocycles. The third-order valence-electron chi connectivity index (χ3n) is 8.26. The van der Waals surface area contributed by atoms with Gasteiger partial charge in [0.1, 0.15) is 6.61 Å². The van der Waals surface area contributed by atoms with Crippen molar-refractivity contribution in [2.75, 3.05) is 46.2 Å². The average molecular weight is 769 g/mol. The summed E-state index contributed by atoms with van der Waals surface area (Å²) in [6.07, 6.45) is 8.14. The molecule has 0 aliphatic carbocycles. The van der Waals surface area contributed by atoms with Gasteiger partial charge in [-0.05, 0) is 97.6 Å². The van der Waals surface area contributed by atoms with Crippen molar-refractivity contribution in [3.8, 4) is 0 Å². The zero-order valence-electron chi connectivity index (χ0n) is 34.7. The summed E-state index contributed by atoms with van der Waals surface area (Å²) in [7, 11) is -3.05. The molecule has 0 aromatic heterocycles. The Labute approximate surface area is 319 Å². The van der Waals surface area contributed by atoms with E-state index in [2.05, 4.69) is 46.6 Å². The van der Waals surface area contributed by atoms with Crippen LogP contribution in [-0.2, 0) is 42.2 Å². The Hall–Kier alpha value is -1.28. The van der Waals surface area contributed by atoms with Crippen LogP contribution in [-0.4, -0.2) is 80.8 Å². The second kappa shape index (κ2) is 34.5. The number of carbonyl (C=O) groups is 3. The highest BCUT2D eigenvalue weighted by molar-refractivity contribution is 6.84. The largest absolute Gasteiger partial charge is 0.465 e. The van der Waals surface area contributed by atoms with Gasteiger partial charge < -0.3 is 27.8 Å². The van der Waals surface area contributed by atoms with Gasteiger partial charge >= 0.3 is 17.9 Å². The topological polar surface area (TPSA) is 107 Å². The van der Waals surface area contributed by atoms with E-state index in [9.17, 15) is 14.4 Å². The van der Waals surface area contributed by atoms with Crippen molar-refractivity contribution in [2.24, 2.45) is 23.2 Å². The quantitative estimate of drug-likeness (QED) is 0.0388. The molecular weight excluding hydrogens is 681 g/mol. The van der Waals surface area contributed by atoms with Crippen LogP contribution in [0, 0.1) is 23.2 Å². The fourth-order valence-corrected chi connectivity index (χ4v) is 12.2. The number of carbonyl (C=O) groups excluding carboxylic acids is 3. The zero-order valence-corrected chi connectivity index (χ0v) is 36.7. The standard InChI is InChI=1S/C14H32O3Si2.C13H26O2.C11H22O4.2CH4/c1-9-14(2,3)13(15)16-11-10-12-19(7,8)17-18(4,5)6;1-5-8-9-12(7-3)10-15-13(14)11(4)6-2;1-4-10(3)11(12)15-9-8-14-7-6-13-5-2;;/h9-12H2,1-8H3;11-12H,5-10H2,1-4H3;10H,4-9H2,1-3H3;2*1H4. The Bertz CT molecular complexity index is 829. The molecule has 9 nitrogen and oxygen atoms in total. The second-order valence-electron chi connectivity index (χ2n) is 15.1. The van der Waals surface area contributed by atoms with Crippen LogP contribution in [0.1, 0.15) is 135 Å². The number of hydrogen-bond acceptors (Lipinski definition) is 9. The lowest BCUT2D eigenvalue weighted by atomic mass is 9.91. The Morgan fingerprint density at radius 3 is 1.61 bits per heavy atom. The van der Waals surface area contributed by atoms with Gasteiger partial charge in [-0.25, -0.2) is 0 Å².